The van der Waals surface area contributed by atoms with Gasteiger partial charge in [-0.2, -0.15) is 13.2 Å². The molecule has 0 saturated carbocycles. The quantitative estimate of drug-likeness (QED) is 0.503. The highest BCUT2D eigenvalue weighted by atomic mass is 35.5. The van der Waals surface area contributed by atoms with Crippen molar-refractivity contribution in [2.24, 2.45) is 0 Å². The van der Waals surface area contributed by atoms with Gasteiger partial charge in [0.2, 0.25) is 0 Å². The van der Waals surface area contributed by atoms with Crippen LogP contribution in [0.4, 0.5) is 26.3 Å². The van der Waals surface area contributed by atoms with Crippen molar-refractivity contribution in [3.05, 3.63) is 64.2 Å². The Bertz CT molecular complexity index is 840. The van der Waals surface area contributed by atoms with Crippen molar-refractivity contribution >= 4 is 36.4 Å². The number of hydrogen-bond acceptors (Lipinski definition) is 3. The van der Waals surface area contributed by atoms with Gasteiger partial charge in [-0.1, -0.05) is 35.9 Å². The van der Waals surface area contributed by atoms with E-state index in [0.717, 1.165) is 18.2 Å². The minimum Gasteiger partial charge on any atom is -0.406 e. The summed E-state index contributed by atoms with van der Waals surface area (Å²) in [6, 6.07) is 8.13. The lowest BCUT2D eigenvalue weighted by atomic mass is 9.94. The molecule has 1 fully saturated rings. The minimum absolute atomic E-state index is 0. The number of nitrogens with zero attached hydrogens (tertiary/aromatic N) is 1. The van der Waals surface area contributed by atoms with Crippen LogP contribution in [0.1, 0.15) is 22.7 Å². The van der Waals surface area contributed by atoms with Crippen LogP contribution >= 0.6 is 36.4 Å². The molecule has 0 radical (unpaired) electrons. The SMILES string of the molecule is Cl.Cl.FC(F)(F)Oc1ccc([C@H](c2cccc(C(F)(F)F)c2Cl)N2CCNCC2)cc1. The van der Waals surface area contributed by atoms with E-state index in [0.29, 0.717) is 31.7 Å². The van der Waals surface area contributed by atoms with E-state index in [9.17, 15) is 26.3 Å². The zero-order valence-electron chi connectivity index (χ0n) is 15.8. The fourth-order valence-corrected chi connectivity index (χ4v) is 3.70. The van der Waals surface area contributed by atoms with Crippen molar-refractivity contribution in [2.75, 3.05) is 26.2 Å². The zero-order valence-corrected chi connectivity index (χ0v) is 18.2. The van der Waals surface area contributed by atoms with Crippen LogP contribution in [0.3, 0.4) is 0 Å². The second-order valence-corrected chi connectivity index (χ2v) is 6.89. The van der Waals surface area contributed by atoms with Gasteiger partial charge >= 0.3 is 12.5 Å². The molecular formula is C19H19Cl3F6N2O. The number of hydrogen-bond donors (Lipinski definition) is 1. The third-order valence-electron chi connectivity index (χ3n) is 4.57. The van der Waals surface area contributed by atoms with Crippen LogP contribution in [-0.4, -0.2) is 37.4 Å². The topological polar surface area (TPSA) is 24.5 Å². The Balaban J connectivity index is 0.00000240. The fourth-order valence-electron chi connectivity index (χ4n) is 3.36. The van der Waals surface area contributed by atoms with Crippen LogP contribution in [0.25, 0.3) is 0 Å². The third kappa shape index (κ3) is 7.05. The highest BCUT2D eigenvalue weighted by Gasteiger charge is 2.36. The van der Waals surface area contributed by atoms with Crippen LogP contribution < -0.4 is 10.1 Å². The van der Waals surface area contributed by atoms with Gasteiger partial charge in [-0.25, -0.2) is 0 Å². The molecule has 3 rings (SSSR count). The Morgan fingerprint density at radius 3 is 2.00 bits per heavy atom. The molecule has 12 heteroatoms. The van der Waals surface area contributed by atoms with Crippen LogP contribution in [0.2, 0.25) is 5.02 Å². The molecular weight excluding hydrogens is 493 g/mol. The summed E-state index contributed by atoms with van der Waals surface area (Å²) in [4.78, 5) is 1.94. The van der Waals surface area contributed by atoms with Gasteiger partial charge in [-0.3, -0.25) is 4.90 Å². The van der Waals surface area contributed by atoms with Crippen molar-refractivity contribution in [3.63, 3.8) is 0 Å². The largest absolute Gasteiger partial charge is 0.573 e. The highest BCUT2D eigenvalue weighted by Crippen LogP contribution is 2.41. The summed E-state index contributed by atoms with van der Waals surface area (Å²) >= 11 is 6.14. The van der Waals surface area contributed by atoms with Crippen LogP contribution in [-0.2, 0) is 6.18 Å². The predicted octanol–water partition coefficient (Wildman–Crippen LogP) is 6.10. The van der Waals surface area contributed by atoms with Crippen LogP contribution in [0, 0.1) is 0 Å². The number of piperazine rings is 1. The van der Waals surface area contributed by atoms with Crippen molar-refractivity contribution < 1.29 is 31.1 Å². The molecule has 3 nitrogen and oxygen atoms in total. The third-order valence-corrected chi connectivity index (χ3v) is 5.00. The molecule has 1 aliphatic rings. The first-order valence-corrected chi connectivity index (χ1v) is 9.10. The van der Waals surface area contributed by atoms with E-state index in [1.165, 1.54) is 24.3 Å². The maximum absolute atomic E-state index is 13.3. The Hall–Kier alpha value is -1.39. The molecule has 174 valence electrons. The van der Waals surface area contributed by atoms with E-state index < -0.39 is 34.9 Å². The van der Waals surface area contributed by atoms with Gasteiger partial charge in [0.1, 0.15) is 5.75 Å². The van der Waals surface area contributed by atoms with Gasteiger partial charge in [0.25, 0.3) is 0 Å². The van der Waals surface area contributed by atoms with Crippen molar-refractivity contribution in [1.82, 2.24) is 10.2 Å². The fraction of sp³-hybridized carbons (Fsp3) is 0.368. The molecule has 0 amide bonds. The molecule has 1 saturated heterocycles. The summed E-state index contributed by atoms with van der Waals surface area (Å²) in [6.45, 7) is 2.33. The summed E-state index contributed by atoms with van der Waals surface area (Å²) < 4.78 is 81.0. The van der Waals surface area contributed by atoms with Crippen LogP contribution in [0.15, 0.2) is 42.5 Å². The molecule has 0 bridgehead atoms. The number of ether oxygens (including phenoxy) is 1. The number of benzene rings is 2. The van der Waals surface area contributed by atoms with E-state index in [-0.39, 0.29) is 30.4 Å². The molecule has 0 unspecified atom stereocenters. The number of rotatable bonds is 4. The molecule has 0 aromatic heterocycles. The number of halogens is 9. The van der Waals surface area contributed by atoms with Gasteiger partial charge in [-0.15, -0.1) is 38.0 Å². The summed E-state index contributed by atoms with van der Waals surface area (Å²) in [5.41, 5.74) is -0.190. The maximum Gasteiger partial charge on any atom is 0.573 e. The summed E-state index contributed by atoms with van der Waals surface area (Å²) in [7, 11) is 0. The molecule has 0 aliphatic carbocycles. The van der Waals surface area contributed by atoms with Crippen molar-refractivity contribution in [3.8, 4) is 5.75 Å². The normalized spacial score (nSPS) is 16.1. The Labute approximate surface area is 192 Å². The second-order valence-electron chi connectivity index (χ2n) is 6.51. The molecule has 1 aliphatic heterocycles. The first-order chi connectivity index (χ1) is 13.6. The molecule has 1 N–H and O–H groups in total. The summed E-state index contributed by atoms with van der Waals surface area (Å²) in [6.07, 6.45) is -9.45. The number of nitrogens with one attached hydrogen (secondary N) is 1. The van der Waals surface area contributed by atoms with Gasteiger partial charge in [0, 0.05) is 26.2 Å². The first kappa shape index (κ1) is 27.6. The lowest BCUT2D eigenvalue weighted by molar-refractivity contribution is -0.274. The molecule has 31 heavy (non-hydrogen) atoms. The van der Waals surface area contributed by atoms with Gasteiger partial charge in [0.05, 0.1) is 16.6 Å². The molecule has 1 atom stereocenters. The zero-order chi connectivity index (χ0) is 21.2. The Morgan fingerprint density at radius 2 is 1.48 bits per heavy atom. The lowest BCUT2D eigenvalue weighted by Crippen LogP contribution is -2.45. The van der Waals surface area contributed by atoms with Gasteiger partial charge in [0.15, 0.2) is 0 Å². The smallest absolute Gasteiger partial charge is 0.406 e. The van der Waals surface area contributed by atoms with Gasteiger partial charge in [-0.05, 0) is 29.3 Å². The Kier molecular flexibility index (Phi) is 9.77. The average Bonchev–Trinajstić information content (AvgIpc) is 2.63. The average molecular weight is 512 g/mol. The molecule has 2 aromatic rings. The van der Waals surface area contributed by atoms with E-state index >= 15 is 0 Å². The predicted molar refractivity (Wildman–Crippen MR) is 110 cm³/mol. The van der Waals surface area contributed by atoms with E-state index in [2.05, 4.69) is 10.1 Å². The summed E-state index contributed by atoms with van der Waals surface area (Å²) in [5, 5.41) is 2.74. The highest BCUT2D eigenvalue weighted by molar-refractivity contribution is 6.32. The summed E-state index contributed by atoms with van der Waals surface area (Å²) in [5.74, 6) is -0.407. The second kappa shape index (κ2) is 11.0. The van der Waals surface area contributed by atoms with E-state index in [4.69, 9.17) is 11.6 Å². The van der Waals surface area contributed by atoms with Crippen molar-refractivity contribution in [1.29, 1.82) is 0 Å². The van der Waals surface area contributed by atoms with Gasteiger partial charge < -0.3 is 10.1 Å². The lowest BCUT2D eigenvalue weighted by Gasteiger charge is -2.36. The molecule has 1 heterocycles. The van der Waals surface area contributed by atoms with Crippen LogP contribution in [0.5, 0.6) is 5.75 Å². The van der Waals surface area contributed by atoms with E-state index in [1.807, 2.05) is 4.90 Å². The van der Waals surface area contributed by atoms with E-state index in [1.54, 1.807) is 0 Å². The van der Waals surface area contributed by atoms with Crippen molar-refractivity contribution in [2.45, 2.75) is 18.6 Å². The molecule has 0 spiro atoms. The molecule has 2 aromatic carbocycles. The Morgan fingerprint density at radius 1 is 0.903 bits per heavy atom. The maximum atomic E-state index is 13.3. The standard InChI is InChI=1S/C19H17ClF6N2O.2ClH/c20-16-14(2-1-3-15(16)18(21,22)23)17(28-10-8-27-9-11-28)12-4-6-13(7-5-12)29-19(24,25)26;;/h1-7,17,27H,8-11H2;2*1H/t17-;;/m1../s1. The number of alkyl halides is 6. The monoisotopic (exact) mass is 510 g/mol. The first-order valence-electron chi connectivity index (χ1n) is 8.72. The minimum atomic E-state index is -4.83.